The number of phenolic OH excluding ortho intramolecular Hbond substituents is 1. The minimum Gasteiger partial charge on any atom is -0.507 e. The number of phenols is 1. The van der Waals surface area contributed by atoms with Crippen LogP contribution in [0.2, 0.25) is 5.02 Å². The lowest BCUT2D eigenvalue weighted by molar-refractivity contribution is -0.118. The van der Waals surface area contributed by atoms with Gasteiger partial charge in [0, 0.05) is 23.0 Å². The topological polar surface area (TPSA) is 97.5 Å². The molecule has 8 heteroatoms. The Morgan fingerprint density at radius 2 is 2.00 bits per heavy atom. The van der Waals surface area contributed by atoms with E-state index in [9.17, 15) is 9.90 Å². The van der Waals surface area contributed by atoms with Gasteiger partial charge in [0.2, 0.25) is 5.89 Å². The SMILES string of the molecule is O=C(COc1ccc(Cl)cc1)Nc1ccc(O)c(-c2nc3cnccc3o2)c1. The lowest BCUT2D eigenvalue weighted by atomic mass is 10.1. The molecule has 28 heavy (non-hydrogen) atoms. The maximum absolute atomic E-state index is 12.2. The van der Waals surface area contributed by atoms with E-state index in [1.807, 2.05) is 0 Å². The van der Waals surface area contributed by atoms with Crippen molar-refractivity contribution in [3.8, 4) is 23.0 Å². The van der Waals surface area contributed by atoms with Crippen molar-refractivity contribution < 1.29 is 19.1 Å². The van der Waals surface area contributed by atoms with Crippen LogP contribution in [0.25, 0.3) is 22.6 Å². The summed E-state index contributed by atoms with van der Waals surface area (Å²) in [6, 6.07) is 13.0. The number of benzene rings is 2. The summed E-state index contributed by atoms with van der Waals surface area (Å²) < 4.78 is 11.1. The monoisotopic (exact) mass is 395 g/mol. The van der Waals surface area contributed by atoms with Gasteiger partial charge in [-0.15, -0.1) is 0 Å². The van der Waals surface area contributed by atoms with Crippen molar-refractivity contribution in [3.63, 3.8) is 0 Å². The number of ether oxygens (including phenoxy) is 1. The molecule has 7 nitrogen and oxygen atoms in total. The molecule has 0 aliphatic rings. The molecule has 140 valence electrons. The Kier molecular flexibility index (Phi) is 4.82. The van der Waals surface area contributed by atoms with Gasteiger partial charge in [0.25, 0.3) is 5.91 Å². The number of amides is 1. The molecule has 0 atom stereocenters. The summed E-state index contributed by atoms with van der Waals surface area (Å²) in [4.78, 5) is 20.5. The van der Waals surface area contributed by atoms with E-state index in [1.54, 1.807) is 54.9 Å². The van der Waals surface area contributed by atoms with Crippen LogP contribution in [0.3, 0.4) is 0 Å². The second-order valence-electron chi connectivity index (χ2n) is 5.89. The van der Waals surface area contributed by atoms with E-state index in [0.717, 1.165) is 0 Å². The highest BCUT2D eigenvalue weighted by Gasteiger charge is 2.14. The number of anilines is 1. The number of nitrogens with zero attached hydrogens (tertiary/aromatic N) is 2. The number of nitrogens with one attached hydrogen (secondary N) is 1. The predicted molar refractivity (Wildman–Crippen MR) is 104 cm³/mol. The van der Waals surface area contributed by atoms with Crippen LogP contribution in [0.5, 0.6) is 11.5 Å². The van der Waals surface area contributed by atoms with E-state index in [2.05, 4.69) is 15.3 Å². The van der Waals surface area contributed by atoms with Crippen molar-refractivity contribution in [2.75, 3.05) is 11.9 Å². The van der Waals surface area contributed by atoms with Gasteiger partial charge in [-0.2, -0.15) is 0 Å². The third kappa shape index (κ3) is 3.89. The largest absolute Gasteiger partial charge is 0.507 e. The van der Waals surface area contributed by atoms with E-state index < -0.39 is 0 Å². The lowest BCUT2D eigenvalue weighted by Crippen LogP contribution is -2.20. The molecule has 0 unspecified atom stereocenters. The Morgan fingerprint density at radius 1 is 1.18 bits per heavy atom. The average molecular weight is 396 g/mol. The maximum Gasteiger partial charge on any atom is 0.262 e. The smallest absolute Gasteiger partial charge is 0.262 e. The number of hydrogen-bond donors (Lipinski definition) is 2. The maximum atomic E-state index is 12.2. The standard InChI is InChI=1S/C20H14ClN3O4/c21-12-1-4-14(5-2-12)27-11-19(26)23-13-3-6-17(25)15(9-13)20-24-16-10-22-8-7-18(16)28-20/h1-10,25H,11H2,(H,23,26). The van der Waals surface area contributed by atoms with Gasteiger partial charge in [0.15, 0.2) is 12.2 Å². The van der Waals surface area contributed by atoms with Crippen molar-refractivity contribution >= 4 is 34.3 Å². The van der Waals surface area contributed by atoms with Crippen molar-refractivity contribution in [1.82, 2.24) is 9.97 Å². The summed E-state index contributed by atoms with van der Waals surface area (Å²) in [6.07, 6.45) is 3.16. The van der Waals surface area contributed by atoms with E-state index in [4.69, 9.17) is 20.8 Å². The Labute approximate surface area is 164 Å². The molecule has 0 aliphatic heterocycles. The molecular weight excluding hydrogens is 382 g/mol. The quantitative estimate of drug-likeness (QED) is 0.490. The van der Waals surface area contributed by atoms with Crippen LogP contribution in [-0.4, -0.2) is 27.6 Å². The molecule has 0 saturated heterocycles. The summed E-state index contributed by atoms with van der Waals surface area (Å²) in [5, 5.41) is 13.5. The second-order valence-corrected chi connectivity index (χ2v) is 6.32. The van der Waals surface area contributed by atoms with Crippen LogP contribution in [-0.2, 0) is 4.79 Å². The highest BCUT2D eigenvalue weighted by atomic mass is 35.5. The zero-order valence-electron chi connectivity index (χ0n) is 14.4. The van der Waals surface area contributed by atoms with Crippen LogP contribution in [0, 0.1) is 0 Å². The number of pyridine rings is 1. The van der Waals surface area contributed by atoms with Gasteiger partial charge in [-0.1, -0.05) is 11.6 Å². The molecule has 2 N–H and O–H groups in total. The van der Waals surface area contributed by atoms with Crippen LogP contribution in [0.1, 0.15) is 0 Å². The summed E-state index contributed by atoms with van der Waals surface area (Å²) in [6.45, 7) is -0.174. The molecule has 0 radical (unpaired) electrons. The van der Waals surface area contributed by atoms with Gasteiger partial charge in [0.1, 0.15) is 17.0 Å². The fourth-order valence-corrected chi connectivity index (χ4v) is 2.68. The molecule has 0 aliphatic carbocycles. The molecule has 2 heterocycles. The first kappa shape index (κ1) is 17.8. The third-order valence-corrected chi connectivity index (χ3v) is 4.14. The van der Waals surface area contributed by atoms with E-state index in [1.165, 1.54) is 6.07 Å². The molecule has 0 bridgehead atoms. The first-order valence-electron chi connectivity index (χ1n) is 8.31. The van der Waals surface area contributed by atoms with Crippen molar-refractivity contribution in [3.05, 3.63) is 65.9 Å². The molecule has 4 aromatic rings. The fraction of sp³-hybridized carbons (Fsp3) is 0.0500. The number of hydrogen-bond acceptors (Lipinski definition) is 6. The first-order valence-corrected chi connectivity index (χ1v) is 8.68. The van der Waals surface area contributed by atoms with Crippen molar-refractivity contribution in [1.29, 1.82) is 0 Å². The van der Waals surface area contributed by atoms with Crippen LogP contribution in [0.15, 0.2) is 65.3 Å². The van der Waals surface area contributed by atoms with E-state index in [-0.39, 0.29) is 24.2 Å². The number of fused-ring (bicyclic) bond motifs is 1. The van der Waals surface area contributed by atoms with Gasteiger partial charge in [-0.25, -0.2) is 4.98 Å². The van der Waals surface area contributed by atoms with Crippen LogP contribution < -0.4 is 10.1 Å². The normalized spacial score (nSPS) is 10.8. The van der Waals surface area contributed by atoms with Crippen LogP contribution in [0.4, 0.5) is 5.69 Å². The van der Waals surface area contributed by atoms with E-state index in [0.29, 0.717) is 33.1 Å². The average Bonchev–Trinajstić information content (AvgIpc) is 3.13. The molecule has 0 spiro atoms. The summed E-state index contributed by atoms with van der Waals surface area (Å²) in [5.41, 5.74) is 1.95. The summed E-state index contributed by atoms with van der Waals surface area (Å²) in [5.74, 6) is 0.392. The third-order valence-electron chi connectivity index (χ3n) is 3.88. The minimum atomic E-state index is -0.353. The van der Waals surface area contributed by atoms with Gasteiger partial charge in [-0.05, 0) is 42.5 Å². The number of halogens is 1. The highest BCUT2D eigenvalue weighted by molar-refractivity contribution is 6.30. The number of oxazole rings is 1. The molecule has 0 fully saturated rings. The lowest BCUT2D eigenvalue weighted by Gasteiger charge is -2.09. The Bertz CT molecular complexity index is 1110. The molecule has 2 aromatic carbocycles. The number of rotatable bonds is 5. The minimum absolute atomic E-state index is 0.0186. The number of carbonyl (C=O) groups is 1. The van der Waals surface area contributed by atoms with E-state index >= 15 is 0 Å². The fourth-order valence-electron chi connectivity index (χ4n) is 2.56. The molecular formula is C20H14ClN3O4. The zero-order valence-corrected chi connectivity index (χ0v) is 15.2. The van der Waals surface area contributed by atoms with Gasteiger partial charge in [-0.3, -0.25) is 9.78 Å². The molecule has 1 amide bonds. The second kappa shape index (κ2) is 7.58. The number of carbonyl (C=O) groups excluding carboxylic acids is 1. The van der Waals surface area contributed by atoms with Crippen LogP contribution >= 0.6 is 11.6 Å². The molecule has 0 saturated carbocycles. The van der Waals surface area contributed by atoms with Gasteiger partial charge < -0.3 is 19.6 Å². The molecule has 2 aromatic heterocycles. The van der Waals surface area contributed by atoms with Gasteiger partial charge >= 0.3 is 0 Å². The number of aromatic hydroxyl groups is 1. The summed E-state index contributed by atoms with van der Waals surface area (Å²) >= 11 is 5.81. The Hall–Kier alpha value is -3.58. The Balaban J connectivity index is 1.48. The Morgan fingerprint density at radius 3 is 2.79 bits per heavy atom. The van der Waals surface area contributed by atoms with Crippen molar-refractivity contribution in [2.24, 2.45) is 0 Å². The summed E-state index contributed by atoms with van der Waals surface area (Å²) in [7, 11) is 0. The van der Waals surface area contributed by atoms with Gasteiger partial charge in [0.05, 0.1) is 11.8 Å². The predicted octanol–water partition coefficient (Wildman–Crippen LogP) is 4.27. The highest BCUT2D eigenvalue weighted by Crippen LogP contribution is 2.33. The van der Waals surface area contributed by atoms with Crippen molar-refractivity contribution in [2.45, 2.75) is 0 Å². The zero-order chi connectivity index (χ0) is 19.5. The first-order chi connectivity index (χ1) is 13.6. The molecule has 4 rings (SSSR count). The number of aromatic nitrogens is 2.